The number of hydrogen-bond donors (Lipinski definition) is 0. The molecule has 2 rings (SSSR count). The summed E-state index contributed by atoms with van der Waals surface area (Å²) in [5, 5.41) is 11.2. The van der Waals surface area contributed by atoms with Crippen LogP contribution in [-0.2, 0) is 6.61 Å². The van der Waals surface area contributed by atoms with Gasteiger partial charge in [0.15, 0.2) is 5.75 Å². The molecule has 0 N–H and O–H groups in total. The van der Waals surface area contributed by atoms with E-state index in [9.17, 15) is 14.5 Å². The van der Waals surface area contributed by atoms with Crippen molar-refractivity contribution in [2.24, 2.45) is 0 Å². The number of benzene rings is 2. The van der Waals surface area contributed by atoms with Crippen LogP contribution in [-0.4, -0.2) is 4.92 Å². The minimum Gasteiger partial charge on any atom is -0.482 e. The number of nitro benzene ring substituents is 1. The summed E-state index contributed by atoms with van der Waals surface area (Å²) in [7, 11) is 0. The summed E-state index contributed by atoms with van der Waals surface area (Å²) in [6, 6.07) is 6.81. The molecule has 0 fully saturated rings. The third-order valence-corrected chi connectivity index (χ3v) is 4.22. The second kappa shape index (κ2) is 6.60. The number of hydrogen-bond acceptors (Lipinski definition) is 3. The highest BCUT2D eigenvalue weighted by Gasteiger charge is 2.19. The molecule has 8 heteroatoms. The fourth-order valence-corrected chi connectivity index (χ4v) is 2.28. The van der Waals surface area contributed by atoms with Gasteiger partial charge in [-0.25, -0.2) is 4.39 Å². The molecule has 0 aliphatic carbocycles. The highest BCUT2D eigenvalue weighted by atomic mass is 79.9. The quantitative estimate of drug-likeness (QED) is 0.516. The molecular formula is C13H7BrCl2FNO3. The molecule has 0 saturated heterocycles. The molecule has 0 aromatic heterocycles. The third kappa shape index (κ3) is 3.64. The van der Waals surface area contributed by atoms with Crippen molar-refractivity contribution in [3.05, 3.63) is 66.3 Å². The van der Waals surface area contributed by atoms with Crippen LogP contribution in [0.25, 0.3) is 0 Å². The molecule has 2 aromatic rings. The van der Waals surface area contributed by atoms with E-state index in [4.69, 9.17) is 27.9 Å². The van der Waals surface area contributed by atoms with Crippen molar-refractivity contribution in [2.45, 2.75) is 6.61 Å². The maximum Gasteiger partial charge on any atom is 0.312 e. The van der Waals surface area contributed by atoms with Crippen LogP contribution >= 0.6 is 39.1 Å². The monoisotopic (exact) mass is 393 g/mol. The standard InChI is InChI=1S/C13H7BrCl2FNO3/c14-13-7(2-1-3-10(13)17)6-21-12-5-9(16)8(15)4-11(12)18(19)20/h1-5H,6H2. The highest BCUT2D eigenvalue weighted by molar-refractivity contribution is 9.10. The fraction of sp³-hybridized carbons (Fsp3) is 0.0769. The zero-order valence-electron chi connectivity index (χ0n) is 10.3. The van der Waals surface area contributed by atoms with Crippen molar-refractivity contribution < 1.29 is 14.1 Å². The molecule has 0 atom stereocenters. The van der Waals surface area contributed by atoms with E-state index in [0.717, 1.165) is 6.07 Å². The summed E-state index contributed by atoms with van der Waals surface area (Å²) in [4.78, 5) is 10.3. The largest absolute Gasteiger partial charge is 0.482 e. The lowest BCUT2D eigenvalue weighted by Gasteiger charge is -2.09. The fourth-order valence-electron chi connectivity index (χ4n) is 1.59. The molecule has 0 heterocycles. The van der Waals surface area contributed by atoms with Gasteiger partial charge in [-0.2, -0.15) is 0 Å². The number of halogens is 4. The van der Waals surface area contributed by atoms with Crippen molar-refractivity contribution in [2.75, 3.05) is 0 Å². The average Bonchev–Trinajstić information content (AvgIpc) is 2.43. The maximum atomic E-state index is 13.4. The Bertz CT molecular complexity index is 712. The van der Waals surface area contributed by atoms with Gasteiger partial charge in [0.1, 0.15) is 12.4 Å². The Balaban J connectivity index is 2.29. The van der Waals surface area contributed by atoms with Crippen molar-refractivity contribution in [3.8, 4) is 5.75 Å². The SMILES string of the molecule is O=[N+]([O-])c1cc(Cl)c(Cl)cc1OCc1cccc(F)c1Br. The van der Waals surface area contributed by atoms with Gasteiger partial charge in [0.05, 0.1) is 19.4 Å². The Morgan fingerprint density at radius 1 is 1.29 bits per heavy atom. The van der Waals surface area contributed by atoms with E-state index >= 15 is 0 Å². The van der Waals surface area contributed by atoms with Gasteiger partial charge in [0.25, 0.3) is 0 Å². The first-order valence-corrected chi connectivity index (χ1v) is 7.14. The zero-order chi connectivity index (χ0) is 15.6. The van der Waals surface area contributed by atoms with Gasteiger partial charge in [-0.15, -0.1) is 0 Å². The molecule has 0 aliphatic rings. The first kappa shape index (κ1) is 16.0. The predicted molar refractivity (Wildman–Crippen MR) is 81.5 cm³/mol. The Labute approximate surface area is 137 Å². The molecule has 0 radical (unpaired) electrons. The van der Waals surface area contributed by atoms with E-state index in [1.165, 1.54) is 18.2 Å². The van der Waals surface area contributed by atoms with Crippen LogP contribution < -0.4 is 4.74 Å². The van der Waals surface area contributed by atoms with Crippen molar-refractivity contribution in [3.63, 3.8) is 0 Å². The normalized spacial score (nSPS) is 10.5. The summed E-state index contributed by atoms with van der Waals surface area (Å²) in [6.07, 6.45) is 0. The minimum absolute atomic E-state index is 0.0365. The molecule has 2 aromatic carbocycles. The van der Waals surface area contributed by atoms with Gasteiger partial charge in [0.2, 0.25) is 0 Å². The second-order valence-electron chi connectivity index (χ2n) is 3.99. The first-order chi connectivity index (χ1) is 9.90. The van der Waals surface area contributed by atoms with E-state index in [1.807, 2.05) is 0 Å². The topological polar surface area (TPSA) is 52.4 Å². The van der Waals surface area contributed by atoms with Crippen LogP contribution in [0.3, 0.4) is 0 Å². The lowest BCUT2D eigenvalue weighted by atomic mass is 10.2. The molecule has 0 unspecified atom stereocenters. The average molecular weight is 395 g/mol. The van der Waals surface area contributed by atoms with Crippen LogP contribution in [0.5, 0.6) is 5.75 Å². The van der Waals surface area contributed by atoms with E-state index in [2.05, 4.69) is 15.9 Å². The molecule has 0 saturated carbocycles. The molecule has 0 spiro atoms. The van der Waals surface area contributed by atoms with Crippen molar-refractivity contribution in [1.82, 2.24) is 0 Å². The second-order valence-corrected chi connectivity index (χ2v) is 5.60. The predicted octanol–water partition coefficient (Wildman–Crippen LogP) is 5.38. The van der Waals surface area contributed by atoms with E-state index in [0.29, 0.717) is 5.56 Å². The lowest BCUT2D eigenvalue weighted by molar-refractivity contribution is -0.385. The Morgan fingerprint density at radius 2 is 1.95 bits per heavy atom. The van der Waals surface area contributed by atoms with Gasteiger partial charge >= 0.3 is 5.69 Å². The third-order valence-electron chi connectivity index (χ3n) is 2.61. The summed E-state index contributed by atoms with van der Waals surface area (Å²) in [5.74, 6) is -0.481. The van der Waals surface area contributed by atoms with Gasteiger partial charge in [-0.3, -0.25) is 10.1 Å². The summed E-state index contributed by atoms with van der Waals surface area (Å²) >= 11 is 14.7. The molecule has 0 bridgehead atoms. The van der Waals surface area contributed by atoms with Crippen LogP contribution in [0.1, 0.15) is 5.56 Å². The Morgan fingerprint density at radius 3 is 2.62 bits per heavy atom. The van der Waals surface area contributed by atoms with Gasteiger partial charge < -0.3 is 4.74 Å². The molecular weight excluding hydrogens is 388 g/mol. The summed E-state index contributed by atoms with van der Waals surface area (Å²) in [5.41, 5.74) is 0.201. The van der Waals surface area contributed by atoms with Crippen LogP contribution in [0.2, 0.25) is 10.0 Å². The molecule has 110 valence electrons. The number of rotatable bonds is 4. The van der Waals surface area contributed by atoms with Crippen LogP contribution in [0.15, 0.2) is 34.8 Å². The van der Waals surface area contributed by atoms with E-state index < -0.39 is 10.7 Å². The van der Waals surface area contributed by atoms with E-state index in [-0.39, 0.29) is 32.6 Å². The summed E-state index contributed by atoms with van der Waals surface area (Å²) < 4.78 is 19.0. The smallest absolute Gasteiger partial charge is 0.312 e. The van der Waals surface area contributed by atoms with Crippen LogP contribution in [0.4, 0.5) is 10.1 Å². The maximum absolute atomic E-state index is 13.4. The van der Waals surface area contributed by atoms with E-state index in [1.54, 1.807) is 6.07 Å². The van der Waals surface area contributed by atoms with Gasteiger partial charge in [0, 0.05) is 17.7 Å². The number of nitro groups is 1. The lowest BCUT2D eigenvalue weighted by Crippen LogP contribution is -2.01. The molecule has 4 nitrogen and oxygen atoms in total. The van der Waals surface area contributed by atoms with Crippen LogP contribution in [0, 0.1) is 15.9 Å². The molecule has 0 amide bonds. The van der Waals surface area contributed by atoms with Gasteiger partial charge in [-0.1, -0.05) is 35.3 Å². The number of ether oxygens (including phenoxy) is 1. The first-order valence-electron chi connectivity index (χ1n) is 5.59. The van der Waals surface area contributed by atoms with Gasteiger partial charge in [-0.05, 0) is 22.0 Å². The molecule has 21 heavy (non-hydrogen) atoms. The molecule has 0 aliphatic heterocycles. The summed E-state index contributed by atoms with van der Waals surface area (Å²) in [6.45, 7) is -0.0584. The van der Waals surface area contributed by atoms with Crippen molar-refractivity contribution >= 4 is 44.8 Å². The Kier molecular flexibility index (Phi) is 5.03. The Hall–Kier alpha value is -1.37. The number of nitrogens with zero attached hydrogens (tertiary/aromatic N) is 1. The highest BCUT2D eigenvalue weighted by Crippen LogP contribution is 2.36. The van der Waals surface area contributed by atoms with Crippen molar-refractivity contribution in [1.29, 1.82) is 0 Å². The minimum atomic E-state index is -0.627. The zero-order valence-corrected chi connectivity index (χ0v) is 13.4.